The van der Waals surface area contributed by atoms with Gasteiger partial charge in [-0.05, 0) is 54.6 Å². The fraction of sp³-hybridized carbons (Fsp3) is 0. The second-order valence-corrected chi connectivity index (χ2v) is 6.63. The molecule has 0 fully saturated rings. The number of carbonyl (C=O) groups is 1. The molecule has 8 nitrogen and oxygen atoms in total. The van der Waals surface area contributed by atoms with Crippen molar-refractivity contribution in [2.75, 3.05) is 10.6 Å². The standard InChI is InChI=1S/C23H19FN6O2/c24-20-14-26-23(29-21(20)27-17-6-4-5-15(13-17)22(31)30-25)28-16-9-11-19(12-10-16)32-18-7-2-1-3-8-18/h1-14H,25H2,(H,30,31)(H2,26,27,28,29). The van der Waals surface area contributed by atoms with Crippen LogP contribution in [0.5, 0.6) is 11.5 Å². The summed E-state index contributed by atoms with van der Waals surface area (Å²) in [7, 11) is 0. The van der Waals surface area contributed by atoms with Gasteiger partial charge in [-0.15, -0.1) is 0 Å². The molecule has 32 heavy (non-hydrogen) atoms. The second kappa shape index (κ2) is 9.54. The largest absolute Gasteiger partial charge is 0.457 e. The molecule has 160 valence electrons. The molecular formula is C23H19FN6O2. The first-order valence-corrected chi connectivity index (χ1v) is 9.61. The zero-order chi connectivity index (χ0) is 22.3. The molecule has 0 saturated carbocycles. The van der Waals surface area contributed by atoms with E-state index in [-0.39, 0.29) is 11.8 Å². The van der Waals surface area contributed by atoms with Crippen LogP contribution in [-0.4, -0.2) is 15.9 Å². The number of rotatable bonds is 7. The van der Waals surface area contributed by atoms with Crippen molar-refractivity contribution in [3.8, 4) is 11.5 Å². The maximum Gasteiger partial charge on any atom is 0.265 e. The van der Waals surface area contributed by atoms with Gasteiger partial charge in [0, 0.05) is 16.9 Å². The lowest BCUT2D eigenvalue weighted by molar-refractivity contribution is 0.0953. The summed E-state index contributed by atoms with van der Waals surface area (Å²) in [6.07, 6.45) is 1.06. The van der Waals surface area contributed by atoms with Crippen LogP contribution in [0.4, 0.5) is 27.5 Å². The van der Waals surface area contributed by atoms with Crippen LogP contribution in [0.15, 0.2) is 85.1 Å². The minimum Gasteiger partial charge on any atom is -0.457 e. The van der Waals surface area contributed by atoms with Crippen molar-refractivity contribution < 1.29 is 13.9 Å². The Bertz CT molecular complexity index is 1220. The molecule has 0 radical (unpaired) electrons. The van der Waals surface area contributed by atoms with E-state index < -0.39 is 11.7 Å². The third kappa shape index (κ3) is 5.15. The molecule has 4 aromatic rings. The molecule has 1 amide bonds. The first-order chi connectivity index (χ1) is 15.6. The first kappa shape index (κ1) is 20.8. The predicted octanol–water partition coefficient (Wildman–Crippen LogP) is 4.50. The van der Waals surface area contributed by atoms with E-state index in [4.69, 9.17) is 10.6 Å². The van der Waals surface area contributed by atoms with Gasteiger partial charge in [-0.25, -0.2) is 15.2 Å². The summed E-state index contributed by atoms with van der Waals surface area (Å²) in [6, 6.07) is 23.1. The first-order valence-electron chi connectivity index (χ1n) is 9.61. The van der Waals surface area contributed by atoms with Crippen LogP contribution < -0.4 is 26.6 Å². The summed E-state index contributed by atoms with van der Waals surface area (Å²) in [5, 5.41) is 5.87. The van der Waals surface area contributed by atoms with Crippen molar-refractivity contribution in [2.24, 2.45) is 5.84 Å². The molecule has 0 unspecified atom stereocenters. The van der Waals surface area contributed by atoms with E-state index in [0.717, 1.165) is 11.9 Å². The topological polar surface area (TPSA) is 114 Å². The highest BCUT2D eigenvalue weighted by atomic mass is 19.1. The molecule has 3 aromatic carbocycles. The van der Waals surface area contributed by atoms with Gasteiger partial charge in [0.05, 0.1) is 6.20 Å². The highest BCUT2D eigenvalue weighted by molar-refractivity contribution is 5.94. The number of aromatic nitrogens is 2. The maximum atomic E-state index is 14.2. The van der Waals surface area contributed by atoms with Crippen LogP contribution in [0.2, 0.25) is 0 Å². The SMILES string of the molecule is NNC(=O)c1cccc(Nc2nc(Nc3ccc(Oc4ccccc4)cc3)ncc2F)c1. The Hall–Kier alpha value is -4.50. The number of hydrogen-bond donors (Lipinski definition) is 4. The van der Waals surface area contributed by atoms with E-state index in [1.165, 1.54) is 6.07 Å². The van der Waals surface area contributed by atoms with Crippen molar-refractivity contribution in [2.45, 2.75) is 0 Å². The monoisotopic (exact) mass is 430 g/mol. The molecule has 0 aliphatic heterocycles. The average molecular weight is 430 g/mol. The van der Waals surface area contributed by atoms with Crippen molar-refractivity contribution in [3.63, 3.8) is 0 Å². The minimum atomic E-state index is -0.643. The third-order valence-electron chi connectivity index (χ3n) is 4.35. The van der Waals surface area contributed by atoms with E-state index in [1.807, 2.05) is 30.3 Å². The van der Waals surface area contributed by atoms with Gasteiger partial charge in [-0.2, -0.15) is 4.98 Å². The number of para-hydroxylation sites is 1. The Morgan fingerprint density at radius 1 is 0.875 bits per heavy atom. The van der Waals surface area contributed by atoms with Crippen LogP contribution in [0.25, 0.3) is 0 Å². The van der Waals surface area contributed by atoms with E-state index in [9.17, 15) is 9.18 Å². The number of anilines is 4. The van der Waals surface area contributed by atoms with Crippen molar-refractivity contribution in [1.29, 1.82) is 0 Å². The predicted molar refractivity (Wildman–Crippen MR) is 120 cm³/mol. The molecule has 0 saturated heterocycles. The summed E-state index contributed by atoms with van der Waals surface area (Å²) in [5.41, 5.74) is 3.54. The Balaban J connectivity index is 1.46. The highest BCUT2D eigenvalue weighted by Crippen LogP contribution is 2.25. The number of benzene rings is 3. The number of nitrogens with two attached hydrogens (primary N) is 1. The molecular weight excluding hydrogens is 411 g/mol. The van der Waals surface area contributed by atoms with Gasteiger partial charge < -0.3 is 15.4 Å². The van der Waals surface area contributed by atoms with Crippen LogP contribution in [0, 0.1) is 5.82 Å². The maximum absolute atomic E-state index is 14.2. The number of hydrogen-bond acceptors (Lipinski definition) is 7. The van der Waals surface area contributed by atoms with Crippen LogP contribution >= 0.6 is 0 Å². The number of nitrogens with zero attached hydrogens (tertiary/aromatic N) is 2. The molecule has 0 bridgehead atoms. The summed E-state index contributed by atoms with van der Waals surface area (Å²) in [6.45, 7) is 0. The van der Waals surface area contributed by atoms with Crippen molar-refractivity contribution in [3.05, 3.63) is 96.4 Å². The quantitative estimate of drug-likeness (QED) is 0.194. The number of hydrazine groups is 1. The van der Waals surface area contributed by atoms with E-state index >= 15 is 0 Å². The molecule has 1 aromatic heterocycles. The minimum absolute atomic E-state index is 0.0446. The van der Waals surface area contributed by atoms with Gasteiger partial charge >= 0.3 is 0 Å². The number of halogens is 1. The Morgan fingerprint density at radius 3 is 2.38 bits per heavy atom. The van der Waals surface area contributed by atoms with Gasteiger partial charge in [0.25, 0.3) is 5.91 Å². The van der Waals surface area contributed by atoms with E-state index in [2.05, 4.69) is 26.0 Å². The summed E-state index contributed by atoms with van der Waals surface area (Å²) in [5.74, 6) is 5.61. The number of nitrogen functional groups attached to an aromatic ring is 1. The Morgan fingerprint density at radius 2 is 1.62 bits per heavy atom. The molecule has 0 atom stereocenters. The fourth-order valence-electron chi connectivity index (χ4n) is 2.83. The van der Waals surface area contributed by atoms with Gasteiger partial charge in [0.1, 0.15) is 11.5 Å². The average Bonchev–Trinajstić information content (AvgIpc) is 2.83. The van der Waals surface area contributed by atoms with Crippen molar-refractivity contribution >= 4 is 29.0 Å². The summed E-state index contributed by atoms with van der Waals surface area (Å²) >= 11 is 0. The third-order valence-corrected chi connectivity index (χ3v) is 4.35. The summed E-state index contributed by atoms with van der Waals surface area (Å²) in [4.78, 5) is 19.8. The van der Waals surface area contributed by atoms with Crippen molar-refractivity contribution in [1.82, 2.24) is 15.4 Å². The van der Waals surface area contributed by atoms with Crippen LogP contribution in [0.1, 0.15) is 10.4 Å². The lowest BCUT2D eigenvalue weighted by Gasteiger charge is -2.11. The number of nitrogens with one attached hydrogen (secondary N) is 3. The molecule has 9 heteroatoms. The lowest BCUT2D eigenvalue weighted by atomic mass is 10.2. The number of amides is 1. The van der Waals surface area contributed by atoms with Crippen LogP contribution in [0.3, 0.4) is 0 Å². The number of carbonyl (C=O) groups excluding carboxylic acids is 1. The zero-order valence-corrected chi connectivity index (χ0v) is 16.7. The highest BCUT2D eigenvalue weighted by Gasteiger charge is 2.10. The van der Waals surface area contributed by atoms with Gasteiger partial charge in [-0.3, -0.25) is 10.2 Å². The Labute approximate surface area is 183 Å². The normalized spacial score (nSPS) is 10.3. The second-order valence-electron chi connectivity index (χ2n) is 6.63. The van der Waals surface area contributed by atoms with E-state index in [1.54, 1.807) is 42.5 Å². The van der Waals surface area contributed by atoms with Gasteiger partial charge in [0.15, 0.2) is 11.6 Å². The summed E-state index contributed by atoms with van der Waals surface area (Å²) < 4.78 is 20.0. The van der Waals surface area contributed by atoms with Gasteiger partial charge in [0.2, 0.25) is 5.95 Å². The molecule has 4 rings (SSSR count). The smallest absolute Gasteiger partial charge is 0.265 e. The lowest BCUT2D eigenvalue weighted by Crippen LogP contribution is -2.29. The number of ether oxygens (including phenoxy) is 1. The molecule has 0 spiro atoms. The fourth-order valence-corrected chi connectivity index (χ4v) is 2.83. The molecule has 1 heterocycles. The van der Waals surface area contributed by atoms with E-state index in [0.29, 0.717) is 22.7 Å². The molecule has 0 aliphatic carbocycles. The van der Waals surface area contributed by atoms with Crippen LogP contribution in [-0.2, 0) is 0 Å². The molecule has 0 aliphatic rings. The van der Waals surface area contributed by atoms with Gasteiger partial charge in [-0.1, -0.05) is 24.3 Å². The Kier molecular flexibility index (Phi) is 6.19. The molecule has 5 N–H and O–H groups in total. The zero-order valence-electron chi connectivity index (χ0n) is 16.7.